The van der Waals surface area contributed by atoms with E-state index in [1.807, 2.05) is 0 Å². The summed E-state index contributed by atoms with van der Waals surface area (Å²) in [6, 6.07) is 2.86. The molecule has 0 unspecified atom stereocenters. The fourth-order valence-electron chi connectivity index (χ4n) is 2.07. The monoisotopic (exact) mass is 361 g/mol. The highest BCUT2D eigenvalue weighted by Crippen LogP contribution is 2.43. The number of nitrogens with zero attached hydrogens (tertiary/aromatic N) is 2. The number of phenols is 1. The average Bonchev–Trinajstić information content (AvgIpc) is 2.39. The number of hydrogen-bond donors (Lipinski definition) is 4. The van der Waals surface area contributed by atoms with Gasteiger partial charge in [0, 0.05) is 12.4 Å². The maximum Gasteiger partial charge on any atom is 0.296 e. The Morgan fingerprint density at radius 3 is 2.09 bits per heavy atom. The van der Waals surface area contributed by atoms with Gasteiger partial charge in [0.25, 0.3) is 20.2 Å². The lowest BCUT2D eigenvalue weighted by Gasteiger charge is -2.13. The molecule has 0 aliphatic heterocycles. The van der Waals surface area contributed by atoms with Crippen molar-refractivity contribution in [2.24, 2.45) is 10.2 Å². The van der Waals surface area contributed by atoms with Gasteiger partial charge < -0.3 is 10.8 Å². The van der Waals surface area contributed by atoms with Gasteiger partial charge in [-0.3, -0.25) is 9.11 Å². The Morgan fingerprint density at radius 2 is 1.61 bits per heavy atom. The smallest absolute Gasteiger partial charge is 0.296 e. The molecule has 0 bridgehead atoms. The van der Waals surface area contributed by atoms with Crippen LogP contribution in [0.3, 0.4) is 0 Å². The standard InChI is InChI=1S/C11H11N3O7S2/c1-13-14-6-3-2-5-7(22(16,17)18)4-8(23(19,20)21)10(12)9(5)11(6)15/h2-4,15H,12H2,1H3,(H,16,17,18)(H,19,20,21)/b14-13+. The molecule has 0 radical (unpaired) electrons. The Kier molecular flexibility index (Phi) is 4.02. The zero-order valence-electron chi connectivity index (χ0n) is 11.5. The molecular formula is C11H11N3O7S2. The van der Waals surface area contributed by atoms with Gasteiger partial charge in [0.2, 0.25) is 0 Å². The zero-order chi connectivity index (χ0) is 17.6. The molecule has 0 heterocycles. The summed E-state index contributed by atoms with van der Waals surface area (Å²) < 4.78 is 64.1. The number of nitrogen functional groups attached to an aromatic ring is 1. The van der Waals surface area contributed by atoms with Crippen molar-refractivity contribution in [2.45, 2.75) is 9.79 Å². The summed E-state index contributed by atoms with van der Waals surface area (Å²) in [5.41, 5.74) is 4.93. The highest BCUT2D eigenvalue weighted by atomic mass is 32.2. The fraction of sp³-hybridized carbons (Fsp3) is 0.0909. The number of phenolic OH excluding ortho intramolecular Hbond substituents is 1. The van der Waals surface area contributed by atoms with E-state index < -0.39 is 46.9 Å². The fourth-order valence-corrected chi connectivity index (χ4v) is 3.51. The van der Waals surface area contributed by atoms with Crippen LogP contribution in [0.2, 0.25) is 0 Å². The van der Waals surface area contributed by atoms with Gasteiger partial charge in [-0.15, -0.1) is 0 Å². The number of nitrogens with two attached hydrogens (primary N) is 1. The number of rotatable bonds is 3. The molecule has 0 aliphatic rings. The Hall–Kier alpha value is -2.28. The summed E-state index contributed by atoms with van der Waals surface area (Å²) in [4.78, 5) is -1.82. The zero-order valence-corrected chi connectivity index (χ0v) is 13.1. The van der Waals surface area contributed by atoms with Gasteiger partial charge >= 0.3 is 0 Å². The number of fused-ring (bicyclic) bond motifs is 1. The second-order valence-corrected chi connectivity index (χ2v) is 7.17. The average molecular weight is 361 g/mol. The van der Waals surface area contributed by atoms with Crippen LogP contribution < -0.4 is 5.73 Å². The Balaban J connectivity index is 3.17. The van der Waals surface area contributed by atoms with Gasteiger partial charge in [-0.05, 0) is 12.1 Å². The number of benzene rings is 2. The summed E-state index contributed by atoms with van der Waals surface area (Å²) in [5, 5.41) is 16.5. The molecule has 0 spiro atoms. The number of azo groups is 1. The largest absolute Gasteiger partial charge is 0.505 e. The molecule has 0 aliphatic carbocycles. The predicted molar refractivity (Wildman–Crippen MR) is 80.1 cm³/mol. The third kappa shape index (κ3) is 2.96. The first-order valence-electron chi connectivity index (χ1n) is 5.81. The molecule has 0 fully saturated rings. The lowest BCUT2D eigenvalue weighted by molar-refractivity contribution is 0.481. The lowest BCUT2D eigenvalue weighted by Crippen LogP contribution is -2.08. The van der Waals surface area contributed by atoms with Crippen LogP contribution in [0.5, 0.6) is 5.75 Å². The minimum Gasteiger partial charge on any atom is -0.505 e. The Labute approximate surface area is 130 Å². The molecule has 23 heavy (non-hydrogen) atoms. The summed E-state index contributed by atoms with van der Waals surface area (Å²) in [7, 11) is -8.47. The highest BCUT2D eigenvalue weighted by molar-refractivity contribution is 7.87. The summed E-state index contributed by atoms with van der Waals surface area (Å²) >= 11 is 0. The van der Waals surface area contributed by atoms with Crippen molar-refractivity contribution in [1.82, 2.24) is 0 Å². The summed E-state index contributed by atoms with van der Waals surface area (Å²) in [6.07, 6.45) is 0. The normalized spacial score (nSPS) is 13.0. The van der Waals surface area contributed by atoms with E-state index >= 15 is 0 Å². The van der Waals surface area contributed by atoms with Crippen molar-refractivity contribution in [2.75, 3.05) is 12.8 Å². The van der Waals surface area contributed by atoms with Crippen molar-refractivity contribution >= 4 is 42.4 Å². The van der Waals surface area contributed by atoms with Crippen molar-refractivity contribution in [3.05, 3.63) is 18.2 Å². The molecule has 0 saturated carbocycles. The molecule has 0 atom stereocenters. The van der Waals surface area contributed by atoms with Gasteiger partial charge in [0.05, 0.1) is 11.1 Å². The van der Waals surface area contributed by atoms with Gasteiger partial charge in [-0.1, -0.05) is 6.07 Å². The first kappa shape index (κ1) is 17.1. The van der Waals surface area contributed by atoms with Crippen molar-refractivity contribution < 1.29 is 31.0 Å². The van der Waals surface area contributed by atoms with E-state index in [-0.39, 0.29) is 11.1 Å². The molecule has 0 amide bonds. The molecule has 10 nitrogen and oxygen atoms in total. The highest BCUT2D eigenvalue weighted by Gasteiger charge is 2.26. The van der Waals surface area contributed by atoms with E-state index in [0.717, 1.165) is 6.07 Å². The van der Waals surface area contributed by atoms with Crippen LogP contribution in [-0.4, -0.2) is 38.1 Å². The van der Waals surface area contributed by atoms with E-state index in [4.69, 9.17) is 5.73 Å². The first-order valence-corrected chi connectivity index (χ1v) is 8.69. The topological polar surface area (TPSA) is 180 Å². The second-order valence-electron chi connectivity index (χ2n) is 4.39. The van der Waals surface area contributed by atoms with E-state index in [2.05, 4.69) is 10.2 Å². The van der Waals surface area contributed by atoms with Gasteiger partial charge in [0.15, 0.2) is 5.75 Å². The molecule has 0 aromatic heterocycles. The van der Waals surface area contributed by atoms with Crippen LogP contribution in [0, 0.1) is 0 Å². The number of anilines is 1. The Morgan fingerprint density at radius 1 is 1.04 bits per heavy atom. The van der Waals surface area contributed by atoms with Crippen molar-refractivity contribution in [3.63, 3.8) is 0 Å². The lowest BCUT2D eigenvalue weighted by atomic mass is 10.1. The van der Waals surface area contributed by atoms with Gasteiger partial charge in [-0.25, -0.2) is 0 Å². The minimum absolute atomic E-state index is 0.111. The van der Waals surface area contributed by atoms with Crippen LogP contribution in [0.15, 0.2) is 38.2 Å². The van der Waals surface area contributed by atoms with E-state index in [9.17, 15) is 31.0 Å². The van der Waals surface area contributed by atoms with Gasteiger partial charge in [0.1, 0.15) is 15.5 Å². The van der Waals surface area contributed by atoms with E-state index in [1.54, 1.807) is 0 Å². The third-order valence-corrected chi connectivity index (χ3v) is 4.77. The molecule has 2 aromatic rings. The van der Waals surface area contributed by atoms with E-state index in [0.29, 0.717) is 6.07 Å². The van der Waals surface area contributed by atoms with Crippen molar-refractivity contribution in [3.8, 4) is 5.75 Å². The maximum atomic E-state index is 11.5. The maximum absolute atomic E-state index is 11.5. The summed E-state index contributed by atoms with van der Waals surface area (Å²) in [5.74, 6) is -0.652. The SMILES string of the molecule is C/N=N/c1ccc2c(S(=O)(=O)O)cc(S(=O)(=O)O)c(N)c2c1O. The molecule has 0 saturated heterocycles. The summed E-state index contributed by atoms with van der Waals surface area (Å²) in [6.45, 7) is 0. The van der Waals surface area contributed by atoms with Crippen LogP contribution >= 0.6 is 0 Å². The molecule has 2 aromatic carbocycles. The quantitative estimate of drug-likeness (QED) is 0.359. The molecular weight excluding hydrogens is 350 g/mol. The number of aromatic hydroxyl groups is 1. The number of hydrogen-bond acceptors (Lipinski definition) is 8. The second kappa shape index (κ2) is 5.42. The molecule has 5 N–H and O–H groups in total. The first-order chi connectivity index (χ1) is 10.5. The molecule has 2 rings (SSSR count). The molecule has 12 heteroatoms. The third-order valence-electron chi connectivity index (χ3n) is 2.98. The minimum atomic E-state index is -4.92. The van der Waals surface area contributed by atoms with Crippen LogP contribution in [0.4, 0.5) is 11.4 Å². The van der Waals surface area contributed by atoms with E-state index in [1.165, 1.54) is 13.1 Å². The van der Waals surface area contributed by atoms with Gasteiger partial charge in [-0.2, -0.15) is 27.1 Å². The van der Waals surface area contributed by atoms with Crippen LogP contribution in [0.1, 0.15) is 0 Å². The van der Waals surface area contributed by atoms with Crippen LogP contribution in [-0.2, 0) is 20.2 Å². The molecule has 124 valence electrons. The predicted octanol–water partition coefficient (Wildman–Crippen LogP) is 1.33. The van der Waals surface area contributed by atoms with Crippen LogP contribution in [0.25, 0.3) is 10.8 Å². The Bertz CT molecular complexity index is 1040. The van der Waals surface area contributed by atoms with Crippen molar-refractivity contribution in [1.29, 1.82) is 0 Å².